The van der Waals surface area contributed by atoms with E-state index >= 15 is 0 Å². The van der Waals surface area contributed by atoms with Crippen LogP contribution in [-0.2, 0) is 7.05 Å². The largest absolute Gasteiger partial charge is 0.393 e. The molecule has 1 unspecified atom stereocenters. The summed E-state index contributed by atoms with van der Waals surface area (Å²) < 4.78 is 1.67. The molecule has 0 spiro atoms. The molecule has 1 heterocycles. The Bertz CT molecular complexity index is 388. The van der Waals surface area contributed by atoms with E-state index in [9.17, 15) is 4.79 Å². The fourth-order valence-electron chi connectivity index (χ4n) is 1.38. The van der Waals surface area contributed by atoms with Gasteiger partial charge < -0.3 is 15.6 Å². The van der Waals surface area contributed by atoms with Gasteiger partial charge >= 0.3 is 0 Å². The lowest BCUT2D eigenvalue weighted by atomic mass is 10.1. The quantitative estimate of drug-likeness (QED) is 0.739. The van der Waals surface area contributed by atoms with Crippen LogP contribution in [0.15, 0.2) is 12.5 Å². The van der Waals surface area contributed by atoms with Crippen molar-refractivity contribution in [3.63, 3.8) is 0 Å². The van der Waals surface area contributed by atoms with Crippen molar-refractivity contribution in [1.29, 1.82) is 0 Å². The van der Waals surface area contributed by atoms with Crippen LogP contribution in [0.2, 0.25) is 0 Å². The Morgan fingerprint density at radius 1 is 1.75 bits per heavy atom. The monoisotopic (exact) mass is 240 g/mol. The molecule has 0 aliphatic rings. The van der Waals surface area contributed by atoms with Crippen LogP contribution in [0.1, 0.15) is 30.3 Å². The third-order valence-corrected chi connectivity index (χ3v) is 2.49. The lowest BCUT2D eigenvalue weighted by molar-refractivity contribution is 0.0929. The maximum atomic E-state index is 11.8. The Morgan fingerprint density at radius 2 is 2.44 bits per heavy atom. The number of carbonyl (C=O) groups excluding carboxylic acids is 1. The van der Waals surface area contributed by atoms with E-state index in [1.807, 2.05) is 6.92 Å². The van der Waals surface area contributed by atoms with E-state index in [0.717, 1.165) is 6.42 Å². The fourth-order valence-corrected chi connectivity index (χ4v) is 1.58. The Morgan fingerprint density at radius 3 is 2.88 bits per heavy atom. The van der Waals surface area contributed by atoms with Crippen molar-refractivity contribution in [3.05, 3.63) is 18.2 Å². The summed E-state index contributed by atoms with van der Waals surface area (Å²) in [7, 11) is 1.77. The molecule has 5 nitrogen and oxygen atoms in total. The summed E-state index contributed by atoms with van der Waals surface area (Å²) in [5, 5.41) is 2.87. The summed E-state index contributed by atoms with van der Waals surface area (Å²) in [5.74, 6) is -0.150. The molecule has 0 radical (unpaired) electrons. The van der Waals surface area contributed by atoms with Crippen LogP contribution >= 0.6 is 12.2 Å². The van der Waals surface area contributed by atoms with Gasteiger partial charge in [-0.3, -0.25) is 4.79 Å². The van der Waals surface area contributed by atoms with Gasteiger partial charge in [-0.1, -0.05) is 19.1 Å². The van der Waals surface area contributed by atoms with E-state index < -0.39 is 0 Å². The molecule has 88 valence electrons. The predicted octanol–water partition coefficient (Wildman–Crippen LogP) is 0.605. The summed E-state index contributed by atoms with van der Waals surface area (Å²) >= 11 is 4.83. The molecule has 1 rings (SSSR count). The van der Waals surface area contributed by atoms with Crippen LogP contribution in [0.25, 0.3) is 0 Å². The summed E-state index contributed by atoms with van der Waals surface area (Å²) in [6, 6.07) is -0.0140. The number of imidazole rings is 1. The number of aromatic nitrogens is 2. The van der Waals surface area contributed by atoms with Crippen LogP contribution in [0, 0.1) is 0 Å². The number of thiocarbonyl (C=S) groups is 1. The first kappa shape index (κ1) is 12.6. The predicted molar refractivity (Wildman–Crippen MR) is 66.2 cm³/mol. The first-order chi connectivity index (χ1) is 7.54. The molecule has 1 atom stereocenters. The Labute approximate surface area is 100 Å². The van der Waals surface area contributed by atoms with Crippen molar-refractivity contribution in [2.24, 2.45) is 12.8 Å². The highest BCUT2D eigenvalue weighted by Crippen LogP contribution is 2.02. The van der Waals surface area contributed by atoms with E-state index in [2.05, 4.69) is 10.3 Å². The third kappa shape index (κ3) is 3.30. The molecule has 3 N–H and O–H groups in total. The number of nitrogens with zero attached hydrogens (tertiary/aromatic N) is 2. The highest BCUT2D eigenvalue weighted by molar-refractivity contribution is 7.80. The van der Waals surface area contributed by atoms with Crippen LogP contribution in [0.5, 0.6) is 0 Å². The van der Waals surface area contributed by atoms with Crippen molar-refractivity contribution in [2.75, 3.05) is 0 Å². The Kier molecular flexibility index (Phi) is 4.42. The van der Waals surface area contributed by atoms with Crippen molar-refractivity contribution in [3.8, 4) is 0 Å². The van der Waals surface area contributed by atoms with E-state index in [4.69, 9.17) is 18.0 Å². The lowest BCUT2D eigenvalue weighted by Crippen LogP contribution is -2.37. The smallest absolute Gasteiger partial charge is 0.269 e. The van der Waals surface area contributed by atoms with Crippen molar-refractivity contribution in [2.45, 2.75) is 25.8 Å². The number of carbonyl (C=O) groups is 1. The molecule has 0 fully saturated rings. The van der Waals surface area contributed by atoms with Crippen LogP contribution in [0.3, 0.4) is 0 Å². The van der Waals surface area contributed by atoms with Crippen molar-refractivity contribution in [1.82, 2.24) is 14.9 Å². The highest BCUT2D eigenvalue weighted by Gasteiger charge is 2.15. The number of nitrogens with two attached hydrogens (primary N) is 1. The first-order valence-electron chi connectivity index (χ1n) is 5.10. The van der Waals surface area contributed by atoms with Gasteiger partial charge in [-0.25, -0.2) is 4.98 Å². The second-order valence-corrected chi connectivity index (χ2v) is 4.16. The zero-order chi connectivity index (χ0) is 12.1. The van der Waals surface area contributed by atoms with Crippen molar-refractivity contribution >= 4 is 23.1 Å². The van der Waals surface area contributed by atoms with E-state index in [1.54, 1.807) is 17.9 Å². The van der Waals surface area contributed by atoms with Gasteiger partial charge in [-0.15, -0.1) is 0 Å². The molecule has 0 aromatic carbocycles. The molecular formula is C10H16N4OS. The zero-order valence-electron chi connectivity index (χ0n) is 9.43. The average molecular weight is 240 g/mol. The minimum atomic E-state index is -0.150. The fraction of sp³-hybridized carbons (Fsp3) is 0.500. The van der Waals surface area contributed by atoms with E-state index in [0.29, 0.717) is 17.1 Å². The Hall–Kier alpha value is -1.43. The maximum absolute atomic E-state index is 11.8. The molecule has 1 aromatic heterocycles. The van der Waals surface area contributed by atoms with Gasteiger partial charge in [0, 0.05) is 19.5 Å². The number of aryl methyl sites for hydroxylation is 1. The summed E-state index contributed by atoms with van der Waals surface area (Å²) in [6.45, 7) is 1.98. The minimum absolute atomic E-state index is 0.0140. The molecule has 0 saturated carbocycles. The molecule has 0 aliphatic carbocycles. The molecule has 1 amide bonds. The van der Waals surface area contributed by atoms with Crippen LogP contribution in [-0.4, -0.2) is 26.5 Å². The number of hydrogen-bond acceptors (Lipinski definition) is 3. The van der Waals surface area contributed by atoms with Gasteiger partial charge in [0.2, 0.25) is 0 Å². The summed E-state index contributed by atoms with van der Waals surface area (Å²) in [4.78, 5) is 16.1. The normalized spacial score (nSPS) is 12.1. The van der Waals surface area contributed by atoms with Crippen LogP contribution < -0.4 is 11.1 Å². The topological polar surface area (TPSA) is 72.9 Å². The van der Waals surface area contributed by atoms with Gasteiger partial charge in [-0.05, 0) is 6.42 Å². The minimum Gasteiger partial charge on any atom is -0.393 e. The molecule has 16 heavy (non-hydrogen) atoms. The molecule has 0 saturated heterocycles. The molecule has 0 aliphatic heterocycles. The SMILES string of the molecule is CCC(CC(N)=S)NC(=O)c1cncn1C. The maximum Gasteiger partial charge on any atom is 0.269 e. The van der Waals surface area contributed by atoms with Gasteiger partial charge in [0.05, 0.1) is 17.5 Å². The van der Waals surface area contributed by atoms with E-state index in [1.165, 1.54) is 6.20 Å². The first-order valence-corrected chi connectivity index (χ1v) is 5.51. The van der Waals surface area contributed by atoms with Gasteiger partial charge in [0.1, 0.15) is 5.69 Å². The second-order valence-electron chi connectivity index (χ2n) is 3.64. The number of nitrogens with one attached hydrogen (secondary N) is 1. The number of rotatable bonds is 5. The van der Waals surface area contributed by atoms with Crippen molar-refractivity contribution < 1.29 is 4.79 Å². The highest BCUT2D eigenvalue weighted by atomic mass is 32.1. The second kappa shape index (κ2) is 5.60. The van der Waals surface area contributed by atoms with E-state index in [-0.39, 0.29) is 11.9 Å². The van der Waals surface area contributed by atoms with Gasteiger partial charge in [0.15, 0.2) is 0 Å². The molecular weight excluding hydrogens is 224 g/mol. The number of amides is 1. The molecule has 1 aromatic rings. The van der Waals surface area contributed by atoms with Gasteiger partial charge in [0.25, 0.3) is 5.91 Å². The summed E-state index contributed by atoms with van der Waals surface area (Å²) in [5.41, 5.74) is 5.98. The molecule has 6 heteroatoms. The number of hydrogen-bond donors (Lipinski definition) is 2. The molecule has 0 bridgehead atoms. The van der Waals surface area contributed by atoms with Gasteiger partial charge in [-0.2, -0.15) is 0 Å². The van der Waals surface area contributed by atoms with Crippen LogP contribution in [0.4, 0.5) is 0 Å². The zero-order valence-corrected chi connectivity index (χ0v) is 10.3. The lowest BCUT2D eigenvalue weighted by Gasteiger charge is -2.16. The Balaban J connectivity index is 2.62. The summed E-state index contributed by atoms with van der Waals surface area (Å²) in [6.07, 6.45) is 4.43. The standard InChI is InChI=1S/C10H16N4OS/c1-3-7(4-9(11)16)13-10(15)8-5-12-6-14(8)2/h5-7H,3-4H2,1-2H3,(H2,11,16)(H,13,15). The average Bonchev–Trinajstić information content (AvgIpc) is 2.62. The third-order valence-electron chi connectivity index (χ3n) is 2.32.